The van der Waals surface area contributed by atoms with Gasteiger partial charge in [0, 0.05) is 37.2 Å². The van der Waals surface area contributed by atoms with Crippen LogP contribution in [0.2, 0.25) is 0 Å². The van der Waals surface area contributed by atoms with Crippen molar-refractivity contribution in [3.05, 3.63) is 54.3 Å². The molecule has 2 aromatic rings. The molecule has 8 nitrogen and oxygen atoms in total. The van der Waals surface area contributed by atoms with Gasteiger partial charge in [-0.2, -0.15) is 0 Å². The molecule has 0 radical (unpaired) electrons. The van der Waals surface area contributed by atoms with Crippen LogP contribution in [0.5, 0.6) is 0 Å². The van der Waals surface area contributed by atoms with Gasteiger partial charge in [-0.25, -0.2) is 14.0 Å². The van der Waals surface area contributed by atoms with Gasteiger partial charge in [-0.05, 0) is 61.4 Å². The minimum Gasteiger partial charge on any atom is -0.359 e. The third kappa shape index (κ3) is 5.69. The summed E-state index contributed by atoms with van der Waals surface area (Å²) in [5.74, 6) is -0.630. The number of urea groups is 2. The van der Waals surface area contributed by atoms with Crippen molar-refractivity contribution in [1.82, 2.24) is 10.2 Å². The van der Waals surface area contributed by atoms with Gasteiger partial charge in [0.05, 0.1) is 5.92 Å². The molecule has 5 amide bonds. The van der Waals surface area contributed by atoms with E-state index in [4.69, 9.17) is 0 Å². The summed E-state index contributed by atoms with van der Waals surface area (Å²) < 4.78 is 12.9. The minimum atomic E-state index is -0.466. The van der Waals surface area contributed by atoms with Gasteiger partial charge in [0.2, 0.25) is 5.91 Å². The molecule has 0 bridgehead atoms. The summed E-state index contributed by atoms with van der Waals surface area (Å²) in [4.78, 5) is 38.0. The fourth-order valence-corrected chi connectivity index (χ4v) is 3.25. The Balaban J connectivity index is 1.51. The average Bonchev–Trinajstić information content (AvgIpc) is 2.76. The second kappa shape index (κ2) is 9.73. The standard InChI is InChI=1S/C21H24FN5O3/c1-23-19(28)14-3-2-12-27(13-14)21(30)26-18-10-8-17(9-11-18)25-20(29)24-16-6-4-15(22)5-7-16/h4-11,14H,2-3,12-13H2,1H3,(H,23,28)(H,26,30)(H2,24,25,29)/t14-/m1/s1. The van der Waals surface area contributed by atoms with E-state index in [1.807, 2.05) is 0 Å². The van der Waals surface area contributed by atoms with E-state index in [0.29, 0.717) is 30.2 Å². The van der Waals surface area contributed by atoms with Gasteiger partial charge >= 0.3 is 12.1 Å². The van der Waals surface area contributed by atoms with Crippen molar-refractivity contribution in [2.24, 2.45) is 5.92 Å². The fourth-order valence-electron chi connectivity index (χ4n) is 3.25. The summed E-state index contributed by atoms with van der Waals surface area (Å²) in [7, 11) is 1.59. The molecule has 2 aromatic carbocycles. The first kappa shape index (κ1) is 21.1. The zero-order valence-electron chi connectivity index (χ0n) is 16.6. The molecular formula is C21H24FN5O3. The maximum atomic E-state index is 12.9. The molecule has 1 heterocycles. The number of halogens is 1. The Hall–Kier alpha value is -3.62. The van der Waals surface area contributed by atoms with E-state index in [1.165, 1.54) is 24.3 Å². The van der Waals surface area contributed by atoms with Crippen molar-refractivity contribution in [3.8, 4) is 0 Å². The number of piperidine rings is 1. The van der Waals surface area contributed by atoms with E-state index in [1.54, 1.807) is 36.2 Å². The third-order valence-corrected chi connectivity index (χ3v) is 4.82. The Labute approximate surface area is 173 Å². The Morgan fingerprint density at radius 2 is 1.43 bits per heavy atom. The quantitative estimate of drug-likeness (QED) is 0.617. The summed E-state index contributed by atoms with van der Waals surface area (Å²) in [6, 6.07) is 11.4. The highest BCUT2D eigenvalue weighted by molar-refractivity contribution is 6.00. The summed E-state index contributed by atoms with van der Waals surface area (Å²) in [5, 5.41) is 10.7. The fraction of sp³-hybridized carbons (Fsp3) is 0.286. The second-order valence-electron chi connectivity index (χ2n) is 6.99. The van der Waals surface area contributed by atoms with Gasteiger partial charge in [0.1, 0.15) is 5.82 Å². The van der Waals surface area contributed by atoms with Crippen LogP contribution in [0, 0.1) is 11.7 Å². The summed E-state index contributed by atoms with van der Waals surface area (Å²) in [6.07, 6.45) is 1.54. The predicted octanol–water partition coefficient (Wildman–Crippen LogP) is 3.46. The van der Waals surface area contributed by atoms with Crippen molar-refractivity contribution in [3.63, 3.8) is 0 Å². The Kier molecular flexibility index (Phi) is 6.84. The molecule has 0 unspecified atom stereocenters. The van der Waals surface area contributed by atoms with Crippen LogP contribution in [0.1, 0.15) is 12.8 Å². The molecule has 1 atom stereocenters. The number of likely N-dealkylation sites (tertiary alicyclic amines) is 1. The van der Waals surface area contributed by atoms with E-state index in [2.05, 4.69) is 21.3 Å². The van der Waals surface area contributed by atoms with Crippen molar-refractivity contribution in [1.29, 1.82) is 0 Å². The maximum absolute atomic E-state index is 12.9. The summed E-state index contributed by atoms with van der Waals surface area (Å²) in [6.45, 7) is 0.983. The lowest BCUT2D eigenvalue weighted by molar-refractivity contribution is -0.125. The molecule has 0 spiro atoms. The first-order chi connectivity index (χ1) is 14.4. The van der Waals surface area contributed by atoms with Crippen LogP contribution in [0.15, 0.2) is 48.5 Å². The van der Waals surface area contributed by atoms with Crippen molar-refractivity contribution in [2.75, 3.05) is 36.1 Å². The van der Waals surface area contributed by atoms with Gasteiger partial charge in [0.15, 0.2) is 0 Å². The number of hydrogen-bond acceptors (Lipinski definition) is 3. The van der Waals surface area contributed by atoms with Crippen LogP contribution in [0.25, 0.3) is 0 Å². The molecule has 30 heavy (non-hydrogen) atoms. The molecule has 0 aromatic heterocycles. The normalized spacial score (nSPS) is 15.8. The lowest BCUT2D eigenvalue weighted by Gasteiger charge is -2.31. The molecule has 0 saturated carbocycles. The minimum absolute atomic E-state index is 0.0539. The first-order valence-electron chi connectivity index (χ1n) is 9.66. The number of rotatable bonds is 4. The molecule has 3 rings (SSSR count). The third-order valence-electron chi connectivity index (χ3n) is 4.82. The number of hydrogen-bond donors (Lipinski definition) is 4. The number of nitrogens with one attached hydrogen (secondary N) is 4. The number of carbonyl (C=O) groups excluding carboxylic acids is 3. The molecule has 158 valence electrons. The maximum Gasteiger partial charge on any atom is 0.323 e. The van der Waals surface area contributed by atoms with Gasteiger partial charge < -0.3 is 26.2 Å². The van der Waals surface area contributed by atoms with Gasteiger partial charge in [-0.15, -0.1) is 0 Å². The van der Waals surface area contributed by atoms with Crippen LogP contribution < -0.4 is 21.3 Å². The Bertz CT molecular complexity index is 902. The smallest absolute Gasteiger partial charge is 0.323 e. The number of carbonyl (C=O) groups is 3. The van der Waals surface area contributed by atoms with Crippen molar-refractivity contribution < 1.29 is 18.8 Å². The molecule has 4 N–H and O–H groups in total. The lowest BCUT2D eigenvalue weighted by Crippen LogP contribution is -2.46. The second-order valence-corrected chi connectivity index (χ2v) is 6.99. The Morgan fingerprint density at radius 3 is 2.00 bits per heavy atom. The molecule has 1 saturated heterocycles. The highest BCUT2D eigenvalue weighted by Crippen LogP contribution is 2.19. The van der Waals surface area contributed by atoms with E-state index >= 15 is 0 Å². The van der Waals surface area contributed by atoms with Crippen molar-refractivity contribution in [2.45, 2.75) is 12.8 Å². The zero-order valence-corrected chi connectivity index (χ0v) is 16.6. The Morgan fingerprint density at radius 1 is 0.900 bits per heavy atom. The molecule has 9 heteroatoms. The van der Waals surface area contributed by atoms with E-state index in [0.717, 1.165) is 12.8 Å². The summed E-state index contributed by atoms with van der Waals surface area (Å²) >= 11 is 0. The SMILES string of the molecule is CNC(=O)[C@@H]1CCCN(C(=O)Nc2ccc(NC(=O)Nc3ccc(F)cc3)cc2)C1. The molecule has 1 aliphatic heterocycles. The van der Waals surface area contributed by atoms with E-state index in [-0.39, 0.29) is 23.7 Å². The average molecular weight is 413 g/mol. The van der Waals surface area contributed by atoms with E-state index < -0.39 is 6.03 Å². The van der Waals surface area contributed by atoms with Crippen LogP contribution in [-0.2, 0) is 4.79 Å². The predicted molar refractivity (Wildman–Crippen MR) is 113 cm³/mol. The van der Waals surface area contributed by atoms with Crippen LogP contribution >= 0.6 is 0 Å². The highest BCUT2D eigenvalue weighted by Gasteiger charge is 2.27. The number of anilines is 3. The topological polar surface area (TPSA) is 103 Å². The monoisotopic (exact) mass is 413 g/mol. The number of nitrogens with zero attached hydrogens (tertiary/aromatic N) is 1. The van der Waals surface area contributed by atoms with Gasteiger partial charge in [0.25, 0.3) is 0 Å². The van der Waals surface area contributed by atoms with Gasteiger partial charge in [-0.3, -0.25) is 4.79 Å². The lowest BCUT2D eigenvalue weighted by atomic mass is 9.97. The molecule has 1 fully saturated rings. The molecular weight excluding hydrogens is 389 g/mol. The molecule has 1 aliphatic rings. The van der Waals surface area contributed by atoms with Crippen LogP contribution in [0.4, 0.5) is 31.0 Å². The van der Waals surface area contributed by atoms with Crippen molar-refractivity contribution >= 4 is 35.0 Å². The summed E-state index contributed by atoms with van der Waals surface area (Å²) in [5.41, 5.74) is 1.58. The zero-order chi connectivity index (χ0) is 21.5. The van der Waals surface area contributed by atoms with Crippen LogP contribution in [-0.4, -0.2) is 43.0 Å². The largest absolute Gasteiger partial charge is 0.359 e. The van der Waals surface area contributed by atoms with Gasteiger partial charge in [-0.1, -0.05) is 0 Å². The number of benzene rings is 2. The first-order valence-corrected chi connectivity index (χ1v) is 9.66. The molecule has 0 aliphatic carbocycles. The van der Waals surface area contributed by atoms with Crippen LogP contribution in [0.3, 0.4) is 0 Å². The highest BCUT2D eigenvalue weighted by atomic mass is 19.1. The number of amides is 5. The van der Waals surface area contributed by atoms with E-state index in [9.17, 15) is 18.8 Å².